The molecule has 0 radical (unpaired) electrons. The van der Waals surface area contributed by atoms with E-state index in [-0.39, 0.29) is 11.7 Å². The van der Waals surface area contributed by atoms with Crippen LogP contribution in [0.4, 0.5) is 0 Å². The molecular weight excluding hydrogens is 398 g/mol. The highest BCUT2D eigenvalue weighted by Crippen LogP contribution is 2.34. The number of carbonyl (C=O) groups excluding carboxylic acids is 1. The molecule has 1 fully saturated rings. The highest BCUT2D eigenvalue weighted by atomic mass is 32.2. The molecule has 1 aliphatic rings. The van der Waals surface area contributed by atoms with Crippen molar-refractivity contribution >= 4 is 46.3 Å². The Hall–Kier alpha value is -2.84. The second-order valence-corrected chi connectivity index (χ2v) is 7.65. The van der Waals surface area contributed by atoms with E-state index in [9.17, 15) is 14.7 Å². The van der Waals surface area contributed by atoms with Crippen molar-refractivity contribution in [2.75, 3.05) is 13.2 Å². The van der Waals surface area contributed by atoms with Gasteiger partial charge in [-0.1, -0.05) is 54.3 Å². The van der Waals surface area contributed by atoms with Crippen LogP contribution in [0.5, 0.6) is 11.5 Å². The molecular formula is C20H17NO5S2. The third kappa shape index (κ3) is 4.90. The van der Waals surface area contributed by atoms with Crippen molar-refractivity contribution < 1.29 is 24.5 Å². The second-order valence-electron chi connectivity index (χ2n) is 5.97. The molecule has 6 nitrogen and oxygen atoms in total. The smallest absolute Gasteiger partial charge is 0.341 e. The maximum absolute atomic E-state index is 12.7. The first-order valence-electron chi connectivity index (χ1n) is 8.41. The van der Waals surface area contributed by atoms with Crippen LogP contribution in [0.2, 0.25) is 0 Å². The number of amides is 1. The van der Waals surface area contributed by atoms with Gasteiger partial charge in [-0.3, -0.25) is 9.69 Å². The van der Waals surface area contributed by atoms with Crippen LogP contribution in [0, 0.1) is 0 Å². The molecule has 0 saturated carbocycles. The average Bonchev–Trinajstić information content (AvgIpc) is 2.93. The van der Waals surface area contributed by atoms with Crippen molar-refractivity contribution in [2.24, 2.45) is 0 Å². The molecule has 1 aliphatic heterocycles. The van der Waals surface area contributed by atoms with Gasteiger partial charge in [0, 0.05) is 12.1 Å². The van der Waals surface area contributed by atoms with Gasteiger partial charge in [0.25, 0.3) is 5.91 Å². The number of hydrogen-bond donors (Lipinski definition) is 2. The number of benzene rings is 2. The first-order chi connectivity index (χ1) is 13.4. The molecule has 0 bridgehead atoms. The summed E-state index contributed by atoms with van der Waals surface area (Å²) >= 11 is 6.55. The maximum atomic E-state index is 12.7. The van der Waals surface area contributed by atoms with E-state index in [4.69, 9.17) is 22.1 Å². The van der Waals surface area contributed by atoms with Crippen molar-refractivity contribution in [3.8, 4) is 11.5 Å². The van der Waals surface area contributed by atoms with Gasteiger partial charge in [-0.2, -0.15) is 0 Å². The molecule has 28 heavy (non-hydrogen) atoms. The fraction of sp³-hybridized carbons (Fsp3) is 0.150. The average molecular weight is 415 g/mol. The van der Waals surface area contributed by atoms with Gasteiger partial charge < -0.3 is 14.9 Å². The minimum atomic E-state index is -1.07. The van der Waals surface area contributed by atoms with Crippen molar-refractivity contribution in [1.29, 1.82) is 0 Å². The van der Waals surface area contributed by atoms with E-state index in [0.717, 1.165) is 5.56 Å². The number of phenols is 1. The summed E-state index contributed by atoms with van der Waals surface area (Å²) in [6, 6.07) is 13.7. The number of ether oxygens (including phenoxy) is 1. The molecule has 1 saturated heterocycles. The first kappa shape index (κ1) is 19.9. The lowest BCUT2D eigenvalue weighted by molar-refractivity contribution is -0.139. The Morgan fingerprint density at radius 2 is 1.89 bits per heavy atom. The van der Waals surface area contributed by atoms with E-state index in [2.05, 4.69) is 0 Å². The summed E-state index contributed by atoms with van der Waals surface area (Å²) in [5.41, 5.74) is 1.60. The lowest BCUT2D eigenvalue weighted by Gasteiger charge is -2.14. The van der Waals surface area contributed by atoms with Crippen LogP contribution in [0.25, 0.3) is 6.08 Å². The molecule has 0 aliphatic carbocycles. The maximum Gasteiger partial charge on any atom is 0.341 e. The fourth-order valence-electron chi connectivity index (χ4n) is 2.61. The van der Waals surface area contributed by atoms with E-state index in [0.29, 0.717) is 33.5 Å². The lowest BCUT2D eigenvalue weighted by Crippen LogP contribution is -2.30. The van der Waals surface area contributed by atoms with Crippen LogP contribution in [0.15, 0.2) is 53.4 Å². The Balaban J connectivity index is 1.72. The Kier molecular flexibility index (Phi) is 6.33. The molecule has 2 aromatic rings. The normalized spacial score (nSPS) is 15.3. The topological polar surface area (TPSA) is 87.1 Å². The molecule has 1 amide bonds. The van der Waals surface area contributed by atoms with Crippen LogP contribution < -0.4 is 4.74 Å². The molecule has 0 spiro atoms. The largest absolute Gasteiger partial charge is 0.508 e. The van der Waals surface area contributed by atoms with Crippen LogP contribution in [0.1, 0.15) is 11.1 Å². The number of thiocarbonyl (C=S) groups is 1. The van der Waals surface area contributed by atoms with Gasteiger partial charge >= 0.3 is 5.97 Å². The number of thioether (sulfide) groups is 1. The summed E-state index contributed by atoms with van der Waals surface area (Å²) in [5.74, 6) is -0.683. The van der Waals surface area contributed by atoms with Crippen LogP contribution in [-0.2, 0) is 16.0 Å². The summed E-state index contributed by atoms with van der Waals surface area (Å²) in [4.78, 5) is 25.5. The quantitative estimate of drug-likeness (QED) is 0.530. The number of nitrogens with zero attached hydrogens (tertiary/aromatic N) is 1. The van der Waals surface area contributed by atoms with Crippen LogP contribution in [-0.4, -0.2) is 44.5 Å². The second kappa shape index (κ2) is 8.90. The molecule has 0 unspecified atom stereocenters. The zero-order valence-corrected chi connectivity index (χ0v) is 16.3. The van der Waals surface area contributed by atoms with Gasteiger partial charge in [-0.15, -0.1) is 0 Å². The first-order valence-corrected chi connectivity index (χ1v) is 9.63. The number of aromatic hydroxyl groups is 1. The minimum absolute atomic E-state index is 0.193. The molecule has 144 valence electrons. The van der Waals surface area contributed by atoms with Gasteiger partial charge in [-0.05, 0) is 36.3 Å². The van der Waals surface area contributed by atoms with Crippen LogP contribution >= 0.6 is 24.0 Å². The standard InChI is InChI=1S/C20H17NO5S2/c22-15-7-5-13(6-8-15)9-10-21-19(25)17(28-20(21)27)11-14-3-1-2-4-16(14)26-12-18(23)24/h1-8,11,22H,9-10,12H2,(H,23,24)/b17-11+. The van der Waals surface area contributed by atoms with Gasteiger partial charge in [0.05, 0.1) is 4.91 Å². The number of phenolic OH excluding ortho intramolecular Hbond substituents is 1. The predicted molar refractivity (Wildman–Crippen MR) is 111 cm³/mol. The molecule has 0 atom stereocenters. The van der Waals surface area contributed by atoms with E-state index in [1.165, 1.54) is 11.8 Å². The van der Waals surface area contributed by atoms with E-state index < -0.39 is 12.6 Å². The van der Waals surface area contributed by atoms with Gasteiger partial charge in [0.15, 0.2) is 6.61 Å². The molecule has 2 aromatic carbocycles. The Bertz CT molecular complexity index is 940. The molecule has 8 heteroatoms. The number of carboxylic acids is 1. The van der Waals surface area contributed by atoms with E-state index in [1.807, 2.05) is 0 Å². The predicted octanol–water partition coefficient (Wildman–Crippen LogP) is 3.30. The summed E-state index contributed by atoms with van der Waals surface area (Å²) in [6.45, 7) is -0.0254. The zero-order chi connectivity index (χ0) is 20.1. The Morgan fingerprint density at radius 3 is 2.61 bits per heavy atom. The van der Waals surface area contributed by atoms with Crippen molar-refractivity contribution in [3.05, 3.63) is 64.6 Å². The van der Waals surface area contributed by atoms with E-state index >= 15 is 0 Å². The molecule has 1 heterocycles. The number of para-hydroxylation sites is 1. The molecule has 2 N–H and O–H groups in total. The zero-order valence-electron chi connectivity index (χ0n) is 14.7. The third-order valence-corrected chi connectivity index (χ3v) is 5.37. The number of rotatable bonds is 7. The highest BCUT2D eigenvalue weighted by molar-refractivity contribution is 8.26. The van der Waals surface area contributed by atoms with Crippen molar-refractivity contribution in [3.63, 3.8) is 0 Å². The number of aliphatic carboxylic acids is 1. The summed E-state index contributed by atoms with van der Waals surface area (Å²) in [5, 5.41) is 18.1. The van der Waals surface area contributed by atoms with Gasteiger partial charge in [-0.25, -0.2) is 4.79 Å². The minimum Gasteiger partial charge on any atom is -0.508 e. The summed E-state index contributed by atoms with van der Waals surface area (Å²) in [6.07, 6.45) is 2.27. The molecule has 3 rings (SSSR count). The van der Waals surface area contributed by atoms with Crippen molar-refractivity contribution in [1.82, 2.24) is 4.90 Å². The number of carboxylic acid groups (broad SMARTS) is 1. The van der Waals surface area contributed by atoms with Gasteiger partial charge in [0.2, 0.25) is 0 Å². The SMILES string of the molecule is O=C(O)COc1ccccc1/C=C1/SC(=S)N(CCc2ccc(O)cc2)C1=O. The summed E-state index contributed by atoms with van der Waals surface area (Å²) in [7, 11) is 0. The monoisotopic (exact) mass is 415 g/mol. The molecule has 0 aromatic heterocycles. The number of hydrogen-bond acceptors (Lipinski definition) is 6. The lowest BCUT2D eigenvalue weighted by atomic mass is 10.1. The Labute approximate surface area is 171 Å². The van der Waals surface area contributed by atoms with Crippen molar-refractivity contribution in [2.45, 2.75) is 6.42 Å². The summed E-state index contributed by atoms with van der Waals surface area (Å²) < 4.78 is 5.75. The third-order valence-electron chi connectivity index (χ3n) is 3.99. The fourth-order valence-corrected chi connectivity index (χ4v) is 3.91. The van der Waals surface area contributed by atoms with E-state index in [1.54, 1.807) is 59.5 Å². The van der Waals surface area contributed by atoms with Gasteiger partial charge in [0.1, 0.15) is 15.8 Å². The van der Waals surface area contributed by atoms with Crippen LogP contribution in [0.3, 0.4) is 0 Å². The Morgan fingerprint density at radius 1 is 1.18 bits per heavy atom. The number of carbonyl (C=O) groups is 2. The highest BCUT2D eigenvalue weighted by Gasteiger charge is 2.31.